The van der Waals surface area contributed by atoms with Crippen molar-refractivity contribution in [2.75, 3.05) is 5.01 Å². The first-order valence-electron chi connectivity index (χ1n) is 9.80. The average Bonchev–Trinajstić information content (AvgIpc) is 3.16. The first-order chi connectivity index (χ1) is 16.2. The summed E-state index contributed by atoms with van der Waals surface area (Å²) in [7, 11) is 1.43. The summed E-state index contributed by atoms with van der Waals surface area (Å²) in [5.74, 6) is 0.771. The van der Waals surface area contributed by atoms with Crippen molar-refractivity contribution < 1.29 is 31.5 Å². The largest absolute Gasteiger partial charge is 0.573 e. The summed E-state index contributed by atoms with van der Waals surface area (Å²) in [6, 6.07) is 10.8. The van der Waals surface area contributed by atoms with E-state index in [2.05, 4.69) is 25.8 Å². The fraction of sp³-hybridized carbons (Fsp3) is 0.182. The lowest BCUT2D eigenvalue weighted by Gasteiger charge is -2.25. The summed E-state index contributed by atoms with van der Waals surface area (Å²) >= 11 is 3.33. The highest BCUT2D eigenvalue weighted by molar-refractivity contribution is 9.10. The topological polar surface area (TPSA) is 99.4 Å². The molecule has 0 saturated heterocycles. The number of carbonyl (C=O) groups excluding carboxylic acids is 1. The van der Waals surface area contributed by atoms with Gasteiger partial charge in [-0.25, -0.2) is 5.84 Å². The van der Waals surface area contributed by atoms with Gasteiger partial charge in [-0.2, -0.15) is 13.9 Å². The maximum absolute atomic E-state index is 14.3. The van der Waals surface area contributed by atoms with E-state index in [0.717, 1.165) is 36.3 Å². The van der Waals surface area contributed by atoms with Gasteiger partial charge in [0.05, 0.1) is 17.1 Å². The number of halogens is 6. The van der Waals surface area contributed by atoms with Gasteiger partial charge in [0.2, 0.25) is 5.78 Å². The first kappa shape index (κ1) is 26.2. The molecular formula is C22H19BrF5N5O2. The third-order valence-corrected chi connectivity index (χ3v) is 5.43. The smallest absolute Gasteiger partial charge is 0.406 e. The van der Waals surface area contributed by atoms with E-state index in [0.29, 0.717) is 21.3 Å². The molecule has 0 aliphatic carbocycles. The molecule has 0 aliphatic rings. The van der Waals surface area contributed by atoms with E-state index in [1.807, 2.05) is 0 Å². The van der Waals surface area contributed by atoms with Crippen LogP contribution in [-0.2, 0) is 17.8 Å². The zero-order chi connectivity index (χ0) is 26.1. The second-order valence-electron chi connectivity index (χ2n) is 7.32. The molecule has 0 spiro atoms. The predicted molar refractivity (Wildman–Crippen MR) is 123 cm³/mol. The molecule has 0 saturated carbocycles. The molecule has 0 radical (unpaired) electrons. The SMILES string of the molecule is CC(=O)C(F)(F)c1cc(-c2ccc(Br)cc2N(N)/C(=C\N)c2ccc(OC(F)(F)F)cc2)n(C)n1. The molecule has 186 valence electrons. The number of aryl methyl sites for hydroxylation is 1. The number of nitrogens with two attached hydrogens (primary N) is 2. The van der Waals surface area contributed by atoms with Crippen LogP contribution in [0, 0.1) is 0 Å². The van der Waals surface area contributed by atoms with Crippen molar-refractivity contribution in [3.05, 3.63) is 70.5 Å². The molecular weight excluding hydrogens is 541 g/mol. The minimum absolute atomic E-state index is 0.194. The minimum Gasteiger partial charge on any atom is -0.406 e. The van der Waals surface area contributed by atoms with Crippen molar-refractivity contribution in [3.63, 3.8) is 0 Å². The van der Waals surface area contributed by atoms with Gasteiger partial charge < -0.3 is 10.5 Å². The number of Topliss-reactive ketones (excluding diaryl/α,β-unsaturated/α-hetero) is 1. The number of carbonyl (C=O) groups is 1. The monoisotopic (exact) mass is 559 g/mol. The molecule has 1 heterocycles. The number of hydrazine groups is 1. The number of rotatable bonds is 7. The standard InChI is InChI=1S/C22H19BrF5N5O2/c1-12(34)21(24,25)20-10-17(32(2)31-20)16-8-5-14(23)9-18(16)33(30)19(11-29)13-3-6-15(7-4-13)35-22(26,27)28/h3-11H,29-30H2,1-2H3/b19-11-. The van der Waals surface area contributed by atoms with Crippen LogP contribution in [0.25, 0.3) is 17.0 Å². The number of anilines is 1. The van der Waals surface area contributed by atoms with E-state index in [4.69, 9.17) is 11.6 Å². The molecule has 0 unspecified atom stereocenters. The molecule has 0 fully saturated rings. The van der Waals surface area contributed by atoms with Gasteiger partial charge in [-0.05, 0) is 48.5 Å². The van der Waals surface area contributed by atoms with E-state index in [1.54, 1.807) is 18.2 Å². The molecule has 35 heavy (non-hydrogen) atoms. The predicted octanol–water partition coefficient (Wildman–Crippen LogP) is 5.07. The van der Waals surface area contributed by atoms with E-state index in [9.17, 15) is 26.7 Å². The molecule has 7 nitrogen and oxygen atoms in total. The highest BCUT2D eigenvalue weighted by Crippen LogP contribution is 2.38. The Bertz CT molecular complexity index is 1270. The van der Waals surface area contributed by atoms with E-state index >= 15 is 0 Å². The van der Waals surface area contributed by atoms with E-state index in [1.165, 1.54) is 23.9 Å². The summed E-state index contributed by atoms with van der Waals surface area (Å²) in [4.78, 5) is 11.4. The summed E-state index contributed by atoms with van der Waals surface area (Å²) in [6.45, 7) is 0.768. The Labute approximate surface area is 204 Å². The maximum Gasteiger partial charge on any atom is 0.573 e. The Morgan fingerprint density at radius 1 is 1.11 bits per heavy atom. The molecule has 13 heteroatoms. The first-order valence-corrected chi connectivity index (χ1v) is 10.6. The van der Waals surface area contributed by atoms with Crippen molar-refractivity contribution in [1.82, 2.24) is 9.78 Å². The number of ether oxygens (including phenoxy) is 1. The van der Waals surface area contributed by atoms with Crippen LogP contribution < -0.4 is 21.3 Å². The fourth-order valence-electron chi connectivity index (χ4n) is 3.25. The Hall–Kier alpha value is -3.45. The number of ketones is 1. The van der Waals surface area contributed by atoms with Crippen LogP contribution >= 0.6 is 15.9 Å². The molecule has 1 aromatic heterocycles. The van der Waals surface area contributed by atoms with Crippen LogP contribution in [0.5, 0.6) is 5.75 Å². The highest BCUT2D eigenvalue weighted by atomic mass is 79.9. The molecule has 2 aromatic carbocycles. The van der Waals surface area contributed by atoms with E-state index < -0.39 is 29.5 Å². The fourth-order valence-corrected chi connectivity index (χ4v) is 3.60. The van der Waals surface area contributed by atoms with Gasteiger partial charge in [0.15, 0.2) is 0 Å². The van der Waals surface area contributed by atoms with Gasteiger partial charge in [-0.15, -0.1) is 13.2 Å². The molecule has 0 aliphatic heterocycles. The zero-order valence-electron chi connectivity index (χ0n) is 18.3. The molecule has 3 aromatic rings. The Morgan fingerprint density at radius 2 is 1.74 bits per heavy atom. The Balaban J connectivity index is 2.04. The summed E-state index contributed by atoms with van der Waals surface area (Å²) in [5.41, 5.74) is 6.48. The lowest BCUT2D eigenvalue weighted by Crippen LogP contribution is -2.30. The van der Waals surface area contributed by atoms with Gasteiger partial charge in [-0.1, -0.05) is 15.9 Å². The van der Waals surface area contributed by atoms with Gasteiger partial charge in [-0.3, -0.25) is 14.5 Å². The molecule has 4 N–H and O–H groups in total. The lowest BCUT2D eigenvalue weighted by molar-refractivity contribution is -0.274. The van der Waals surface area contributed by atoms with Crippen LogP contribution in [-0.4, -0.2) is 21.9 Å². The highest BCUT2D eigenvalue weighted by Gasteiger charge is 2.41. The van der Waals surface area contributed by atoms with Crippen molar-refractivity contribution in [2.24, 2.45) is 18.6 Å². The molecule has 0 amide bonds. The van der Waals surface area contributed by atoms with Gasteiger partial charge >= 0.3 is 12.3 Å². The second-order valence-corrected chi connectivity index (χ2v) is 8.24. The average molecular weight is 560 g/mol. The third-order valence-electron chi connectivity index (χ3n) is 4.94. The van der Waals surface area contributed by atoms with Crippen LogP contribution in [0.3, 0.4) is 0 Å². The second kappa shape index (κ2) is 9.66. The molecule has 3 rings (SSSR count). The van der Waals surface area contributed by atoms with E-state index in [-0.39, 0.29) is 11.4 Å². The Morgan fingerprint density at radius 3 is 2.29 bits per heavy atom. The summed E-state index contributed by atoms with van der Waals surface area (Å²) in [6.07, 6.45) is -3.71. The van der Waals surface area contributed by atoms with Crippen LogP contribution in [0.1, 0.15) is 18.2 Å². The van der Waals surface area contributed by atoms with Gasteiger partial charge in [0, 0.05) is 35.8 Å². The number of benzene rings is 2. The van der Waals surface area contributed by atoms with Crippen molar-refractivity contribution in [2.45, 2.75) is 19.2 Å². The number of alkyl halides is 5. The number of nitrogens with zero attached hydrogens (tertiary/aromatic N) is 3. The number of hydrogen-bond acceptors (Lipinski definition) is 6. The Kier molecular flexibility index (Phi) is 7.22. The third kappa shape index (κ3) is 5.62. The van der Waals surface area contributed by atoms with Gasteiger partial charge in [0.25, 0.3) is 0 Å². The van der Waals surface area contributed by atoms with Crippen LogP contribution in [0.15, 0.2) is 59.2 Å². The summed E-state index contributed by atoms with van der Waals surface area (Å²) in [5, 5.41) is 4.94. The van der Waals surface area contributed by atoms with Crippen LogP contribution in [0.2, 0.25) is 0 Å². The van der Waals surface area contributed by atoms with Crippen LogP contribution in [0.4, 0.5) is 27.6 Å². The number of hydrogen-bond donors (Lipinski definition) is 2. The molecule has 0 atom stereocenters. The van der Waals surface area contributed by atoms with Crippen molar-refractivity contribution in [3.8, 4) is 17.0 Å². The van der Waals surface area contributed by atoms with Crippen molar-refractivity contribution in [1.29, 1.82) is 0 Å². The normalized spacial score (nSPS) is 12.5. The quantitative estimate of drug-likeness (QED) is 0.238. The maximum atomic E-state index is 14.3. The summed E-state index contributed by atoms with van der Waals surface area (Å²) < 4.78 is 71.6. The lowest BCUT2D eigenvalue weighted by atomic mass is 10.1. The van der Waals surface area contributed by atoms with Crippen molar-refractivity contribution >= 4 is 33.1 Å². The zero-order valence-corrected chi connectivity index (χ0v) is 19.9. The molecule has 0 bridgehead atoms. The van der Waals surface area contributed by atoms with Gasteiger partial charge in [0.1, 0.15) is 11.4 Å². The number of aromatic nitrogens is 2. The minimum atomic E-state index is -4.85.